The second-order valence-corrected chi connectivity index (χ2v) is 5.73. The number of hydrogen-bond acceptors (Lipinski definition) is 3. The van der Waals surface area contributed by atoms with E-state index in [4.69, 9.17) is 4.74 Å². The summed E-state index contributed by atoms with van der Waals surface area (Å²) in [6.07, 6.45) is 7.73. The quantitative estimate of drug-likeness (QED) is 0.865. The number of aliphatic carboxylic acids is 1. The van der Waals surface area contributed by atoms with Crippen LogP contribution in [-0.2, 0) is 16.0 Å². The number of carbonyl (C=O) groups is 2. The van der Waals surface area contributed by atoms with Crippen molar-refractivity contribution < 1.29 is 19.4 Å². The third kappa shape index (κ3) is 3.28. The van der Waals surface area contributed by atoms with Gasteiger partial charge in [0.15, 0.2) is 0 Å². The SMILES string of the molecule is O=C(O)C1=CCc2ccccc2N1C(=O)OCC1=CCCCC1. The topological polar surface area (TPSA) is 66.8 Å². The van der Waals surface area contributed by atoms with Gasteiger partial charge in [0.25, 0.3) is 0 Å². The molecule has 1 aromatic carbocycles. The van der Waals surface area contributed by atoms with E-state index in [0.717, 1.165) is 35.3 Å². The van der Waals surface area contributed by atoms with Crippen molar-refractivity contribution in [2.24, 2.45) is 0 Å². The number of carbonyl (C=O) groups excluding carboxylic acids is 1. The first kappa shape index (κ1) is 15.3. The molecule has 1 aliphatic heterocycles. The molecule has 0 spiro atoms. The fourth-order valence-electron chi connectivity index (χ4n) is 2.96. The van der Waals surface area contributed by atoms with Crippen LogP contribution in [0.3, 0.4) is 0 Å². The van der Waals surface area contributed by atoms with Crippen molar-refractivity contribution in [1.29, 1.82) is 0 Å². The van der Waals surface area contributed by atoms with E-state index < -0.39 is 12.1 Å². The lowest BCUT2D eigenvalue weighted by Crippen LogP contribution is -2.37. The molecule has 5 nitrogen and oxygen atoms in total. The molecule has 0 atom stereocenters. The summed E-state index contributed by atoms with van der Waals surface area (Å²) < 4.78 is 5.37. The zero-order valence-corrected chi connectivity index (χ0v) is 12.8. The molecular weight excluding hydrogens is 294 g/mol. The number of anilines is 1. The van der Waals surface area contributed by atoms with Gasteiger partial charge in [0, 0.05) is 0 Å². The Morgan fingerprint density at radius 1 is 1.17 bits per heavy atom. The van der Waals surface area contributed by atoms with Crippen LogP contribution in [0.2, 0.25) is 0 Å². The van der Waals surface area contributed by atoms with Crippen LogP contribution in [0, 0.1) is 0 Å². The van der Waals surface area contributed by atoms with Crippen molar-refractivity contribution in [3.8, 4) is 0 Å². The minimum absolute atomic E-state index is 0.0497. The predicted molar refractivity (Wildman–Crippen MR) is 86.2 cm³/mol. The minimum atomic E-state index is -1.13. The number of para-hydroxylation sites is 1. The molecule has 1 aliphatic carbocycles. The maximum atomic E-state index is 12.5. The Morgan fingerprint density at radius 2 is 2.00 bits per heavy atom. The van der Waals surface area contributed by atoms with Crippen molar-refractivity contribution in [3.63, 3.8) is 0 Å². The summed E-state index contributed by atoms with van der Waals surface area (Å²) in [4.78, 5) is 25.1. The van der Waals surface area contributed by atoms with Gasteiger partial charge in [-0.25, -0.2) is 14.5 Å². The molecule has 0 saturated carbocycles. The number of allylic oxidation sites excluding steroid dienone is 2. The highest BCUT2D eigenvalue weighted by Crippen LogP contribution is 2.30. The fraction of sp³-hybridized carbons (Fsp3) is 0.333. The third-order valence-electron chi connectivity index (χ3n) is 4.16. The molecule has 0 fully saturated rings. The second kappa shape index (κ2) is 6.69. The van der Waals surface area contributed by atoms with Gasteiger partial charge in [-0.05, 0) is 55.4 Å². The lowest BCUT2D eigenvalue weighted by Gasteiger charge is -2.28. The van der Waals surface area contributed by atoms with Gasteiger partial charge in [-0.2, -0.15) is 0 Å². The van der Waals surface area contributed by atoms with E-state index in [-0.39, 0.29) is 12.3 Å². The number of ether oxygens (including phenoxy) is 1. The smallest absolute Gasteiger partial charge is 0.419 e. The highest BCUT2D eigenvalue weighted by atomic mass is 16.6. The van der Waals surface area contributed by atoms with Crippen molar-refractivity contribution in [2.45, 2.75) is 32.1 Å². The van der Waals surface area contributed by atoms with Gasteiger partial charge in [0.2, 0.25) is 0 Å². The lowest BCUT2D eigenvalue weighted by molar-refractivity contribution is -0.132. The maximum Gasteiger partial charge on any atom is 0.419 e. The molecule has 2 aliphatic rings. The minimum Gasteiger partial charge on any atom is -0.477 e. The summed E-state index contributed by atoms with van der Waals surface area (Å²) in [6.45, 7) is 0.227. The normalized spacial score (nSPS) is 17.0. The van der Waals surface area contributed by atoms with Crippen molar-refractivity contribution in [1.82, 2.24) is 0 Å². The average molecular weight is 313 g/mol. The largest absolute Gasteiger partial charge is 0.477 e. The molecule has 1 amide bonds. The summed E-state index contributed by atoms with van der Waals surface area (Å²) in [6, 6.07) is 7.28. The van der Waals surface area contributed by atoms with Gasteiger partial charge in [-0.15, -0.1) is 0 Å². The highest BCUT2D eigenvalue weighted by Gasteiger charge is 2.30. The molecule has 0 unspecified atom stereocenters. The number of benzene rings is 1. The van der Waals surface area contributed by atoms with Gasteiger partial charge in [0.1, 0.15) is 12.3 Å². The van der Waals surface area contributed by atoms with Crippen LogP contribution in [0.25, 0.3) is 0 Å². The standard InChI is InChI=1S/C18H19NO4/c20-17(21)16-11-10-14-8-4-5-9-15(14)19(16)18(22)23-12-13-6-2-1-3-7-13/h4-6,8-9,11H,1-3,7,10,12H2,(H,20,21). The monoisotopic (exact) mass is 313 g/mol. The summed E-state index contributed by atoms with van der Waals surface area (Å²) in [5, 5.41) is 9.37. The molecule has 0 aromatic heterocycles. The first-order chi connectivity index (χ1) is 11.2. The van der Waals surface area contributed by atoms with Crippen LogP contribution in [0.15, 0.2) is 47.7 Å². The average Bonchev–Trinajstić information content (AvgIpc) is 2.59. The third-order valence-corrected chi connectivity index (χ3v) is 4.16. The number of rotatable bonds is 3. The molecular formula is C18H19NO4. The van der Waals surface area contributed by atoms with Crippen LogP contribution in [0.5, 0.6) is 0 Å². The maximum absolute atomic E-state index is 12.5. The number of amides is 1. The van der Waals surface area contributed by atoms with Gasteiger partial charge in [-0.3, -0.25) is 0 Å². The van der Waals surface area contributed by atoms with E-state index in [1.807, 2.05) is 12.1 Å². The first-order valence-electron chi connectivity index (χ1n) is 7.83. The zero-order valence-electron chi connectivity index (χ0n) is 12.8. The van der Waals surface area contributed by atoms with Gasteiger partial charge in [-0.1, -0.05) is 24.3 Å². The Balaban J connectivity index is 1.80. The van der Waals surface area contributed by atoms with E-state index in [1.165, 1.54) is 6.42 Å². The Morgan fingerprint density at radius 3 is 2.74 bits per heavy atom. The van der Waals surface area contributed by atoms with E-state index in [9.17, 15) is 14.7 Å². The van der Waals surface area contributed by atoms with E-state index >= 15 is 0 Å². The zero-order chi connectivity index (χ0) is 16.2. The molecule has 0 bridgehead atoms. The molecule has 3 rings (SSSR count). The fourth-order valence-corrected chi connectivity index (χ4v) is 2.96. The lowest BCUT2D eigenvalue weighted by atomic mass is 10.0. The van der Waals surface area contributed by atoms with Crippen LogP contribution in [0.1, 0.15) is 31.2 Å². The Labute approximate surface area is 134 Å². The number of hydrogen-bond donors (Lipinski definition) is 1. The Hall–Kier alpha value is -2.56. The van der Waals surface area contributed by atoms with Crippen molar-refractivity contribution in [2.75, 3.05) is 11.5 Å². The summed E-state index contributed by atoms with van der Waals surface area (Å²) in [7, 11) is 0. The molecule has 0 radical (unpaired) electrons. The Kier molecular flexibility index (Phi) is 4.46. The molecule has 5 heteroatoms. The molecule has 120 valence electrons. The summed E-state index contributed by atoms with van der Waals surface area (Å²) >= 11 is 0. The summed E-state index contributed by atoms with van der Waals surface area (Å²) in [5.41, 5.74) is 2.54. The van der Waals surface area contributed by atoms with Crippen LogP contribution in [0.4, 0.5) is 10.5 Å². The molecule has 1 heterocycles. The second-order valence-electron chi connectivity index (χ2n) is 5.73. The number of fused-ring (bicyclic) bond motifs is 1. The van der Waals surface area contributed by atoms with E-state index in [0.29, 0.717) is 12.1 Å². The Bertz CT molecular complexity index is 690. The highest BCUT2D eigenvalue weighted by molar-refractivity contribution is 6.04. The molecule has 23 heavy (non-hydrogen) atoms. The first-order valence-corrected chi connectivity index (χ1v) is 7.83. The van der Waals surface area contributed by atoms with Crippen molar-refractivity contribution in [3.05, 3.63) is 53.3 Å². The van der Waals surface area contributed by atoms with Gasteiger partial charge in [0.05, 0.1) is 5.69 Å². The molecule has 1 N–H and O–H groups in total. The van der Waals surface area contributed by atoms with Gasteiger partial charge >= 0.3 is 12.1 Å². The number of carboxylic acid groups (broad SMARTS) is 1. The number of carboxylic acids is 1. The van der Waals surface area contributed by atoms with Gasteiger partial charge < -0.3 is 9.84 Å². The summed E-state index contributed by atoms with van der Waals surface area (Å²) in [5.74, 6) is -1.13. The van der Waals surface area contributed by atoms with E-state index in [2.05, 4.69) is 6.08 Å². The molecule has 0 saturated heterocycles. The predicted octanol–water partition coefficient (Wildman–Crippen LogP) is 3.65. The van der Waals surface area contributed by atoms with Crippen LogP contribution in [-0.4, -0.2) is 23.8 Å². The van der Waals surface area contributed by atoms with Crippen LogP contribution < -0.4 is 4.90 Å². The molecule has 1 aromatic rings. The van der Waals surface area contributed by atoms with Crippen molar-refractivity contribution >= 4 is 17.7 Å². The number of nitrogens with zero attached hydrogens (tertiary/aromatic N) is 1. The van der Waals surface area contributed by atoms with E-state index in [1.54, 1.807) is 18.2 Å². The van der Waals surface area contributed by atoms with Crippen LogP contribution >= 0.6 is 0 Å².